The molecular formula is C8H7BrN2O. The lowest BCUT2D eigenvalue weighted by Crippen LogP contribution is -1.87. The molecule has 0 bridgehead atoms. The van der Waals surface area contributed by atoms with E-state index in [1.165, 1.54) is 0 Å². The lowest BCUT2D eigenvalue weighted by atomic mass is 10.4. The minimum atomic E-state index is 0.837. The lowest BCUT2D eigenvalue weighted by Gasteiger charge is -1.99. The predicted molar refractivity (Wildman–Crippen MR) is 49.4 cm³/mol. The van der Waals surface area contributed by atoms with Crippen LogP contribution in [0.5, 0.6) is 5.75 Å². The van der Waals surface area contributed by atoms with E-state index in [0.717, 1.165) is 15.7 Å². The zero-order valence-corrected chi connectivity index (χ0v) is 8.08. The van der Waals surface area contributed by atoms with Gasteiger partial charge >= 0.3 is 0 Å². The van der Waals surface area contributed by atoms with Crippen LogP contribution in [0.25, 0.3) is 5.52 Å². The maximum absolute atomic E-state index is 5.08. The van der Waals surface area contributed by atoms with Gasteiger partial charge in [-0.25, -0.2) is 4.52 Å². The number of hydrogen-bond donors (Lipinski definition) is 0. The summed E-state index contributed by atoms with van der Waals surface area (Å²) in [4.78, 5) is 0. The molecule has 0 saturated heterocycles. The summed E-state index contributed by atoms with van der Waals surface area (Å²) in [6.07, 6.45) is 3.62. The SMILES string of the molecule is COc1ccn2ncc(Br)c2c1. The topological polar surface area (TPSA) is 26.5 Å². The molecule has 0 radical (unpaired) electrons. The highest BCUT2D eigenvalue weighted by molar-refractivity contribution is 9.10. The van der Waals surface area contributed by atoms with Gasteiger partial charge in [0.2, 0.25) is 0 Å². The Balaban J connectivity index is 2.71. The first-order valence-corrected chi connectivity index (χ1v) is 4.27. The second-order valence-electron chi connectivity index (χ2n) is 2.39. The molecule has 0 atom stereocenters. The Morgan fingerprint density at radius 2 is 2.42 bits per heavy atom. The molecule has 4 heteroatoms. The zero-order chi connectivity index (χ0) is 8.55. The van der Waals surface area contributed by atoms with Crippen molar-refractivity contribution in [2.75, 3.05) is 7.11 Å². The normalized spacial score (nSPS) is 10.5. The number of halogens is 1. The molecule has 2 aromatic rings. The molecule has 12 heavy (non-hydrogen) atoms. The highest BCUT2D eigenvalue weighted by atomic mass is 79.9. The smallest absolute Gasteiger partial charge is 0.122 e. The van der Waals surface area contributed by atoms with Crippen LogP contribution in [0.1, 0.15) is 0 Å². The Hall–Kier alpha value is -1.03. The van der Waals surface area contributed by atoms with Gasteiger partial charge in [0.15, 0.2) is 0 Å². The van der Waals surface area contributed by atoms with E-state index < -0.39 is 0 Å². The standard InChI is InChI=1S/C8H7BrN2O/c1-12-6-2-3-11-8(4-6)7(9)5-10-11/h2-5H,1H3. The number of methoxy groups -OCH3 is 1. The summed E-state index contributed by atoms with van der Waals surface area (Å²) in [5, 5.41) is 4.11. The third kappa shape index (κ3) is 1.08. The first-order chi connectivity index (χ1) is 5.81. The van der Waals surface area contributed by atoms with E-state index in [2.05, 4.69) is 21.0 Å². The molecule has 0 saturated carbocycles. The quantitative estimate of drug-likeness (QED) is 0.745. The Bertz CT molecular complexity index is 410. The number of fused-ring (bicyclic) bond motifs is 1. The number of pyridine rings is 1. The molecule has 0 N–H and O–H groups in total. The van der Waals surface area contributed by atoms with Gasteiger partial charge in [0.1, 0.15) is 5.75 Å². The average molecular weight is 227 g/mol. The summed E-state index contributed by atoms with van der Waals surface area (Å²) in [5.74, 6) is 0.837. The van der Waals surface area contributed by atoms with Crippen molar-refractivity contribution in [2.45, 2.75) is 0 Å². The first kappa shape index (κ1) is 7.61. The molecule has 62 valence electrons. The van der Waals surface area contributed by atoms with Crippen molar-refractivity contribution in [1.29, 1.82) is 0 Å². The van der Waals surface area contributed by atoms with E-state index in [4.69, 9.17) is 4.74 Å². The molecular weight excluding hydrogens is 220 g/mol. The molecule has 0 unspecified atom stereocenters. The maximum Gasteiger partial charge on any atom is 0.122 e. The minimum Gasteiger partial charge on any atom is -0.497 e. The molecule has 0 fully saturated rings. The third-order valence-electron chi connectivity index (χ3n) is 1.68. The number of aromatic nitrogens is 2. The minimum absolute atomic E-state index is 0.837. The summed E-state index contributed by atoms with van der Waals surface area (Å²) in [6, 6.07) is 3.80. The van der Waals surface area contributed by atoms with Gasteiger partial charge in [0.25, 0.3) is 0 Å². The highest BCUT2D eigenvalue weighted by Gasteiger charge is 2.00. The van der Waals surface area contributed by atoms with Crippen LogP contribution in [0.15, 0.2) is 29.0 Å². The van der Waals surface area contributed by atoms with E-state index in [1.807, 2.05) is 18.3 Å². The summed E-state index contributed by atoms with van der Waals surface area (Å²) in [6.45, 7) is 0. The van der Waals surface area contributed by atoms with Gasteiger partial charge in [0.05, 0.1) is 23.3 Å². The van der Waals surface area contributed by atoms with Crippen molar-refractivity contribution in [1.82, 2.24) is 9.61 Å². The fourth-order valence-electron chi connectivity index (χ4n) is 1.06. The van der Waals surface area contributed by atoms with E-state index in [-0.39, 0.29) is 0 Å². The van der Waals surface area contributed by atoms with Crippen LogP contribution in [-0.4, -0.2) is 16.7 Å². The van der Waals surface area contributed by atoms with Crippen molar-refractivity contribution in [3.63, 3.8) is 0 Å². The second-order valence-corrected chi connectivity index (χ2v) is 3.24. The van der Waals surface area contributed by atoms with Crippen molar-refractivity contribution < 1.29 is 4.74 Å². The second kappa shape index (κ2) is 2.79. The van der Waals surface area contributed by atoms with Crippen LogP contribution in [0.3, 0.4) is 0 Å². The molecule has 0 aromatic carbocycles. The Morgan fingerprint density at radius 1 is 1.58 bits per heavy atom. The van der Waals surface area contributed by atoms with Gasteiger partial charge in [-0.3, -0.25) is 0 Å². The van der Waals surface area contributed by atoms with Crippen molar-refractivity contribution in [2.24, 2.45) is 0 Å². The summed E-state index contributed by atoms with van der Waals surface area (Å²) in [5.41, 5.74) is 1.01. The van der Waals surface area contributed by atoms with E-state index >= 15 is 0 Å². The predicted octanol–water partition coefficient (Wildman–Crippen LogP) is 2.11. The van der Waals surface area contributed by atoms with Crippen LogP contribution in [-0.2, 0) is 0 Å². The maximum atomic E-state index is 5.08. The summed E-state index contributed by atoms with van der Waals surface area (Å²) >= 11 is 3.39. The van der Waals surface area contributed by atoms with Crippen LogP contribution in [0.2, 0.25) is 0 Å². The number of hydrogen-bond acceptors (Lipinski definition) is 2. The van der Waals surface area contributed by atoms with Crippen molar-refractivity contribution in [3.05, 3.63) is 29.0 Å². The monoisotopic (exact) mass is 226 g/mol. The zero-order valence-electron chi connectivity index (χ0n) is 6.49. The van der Waals surface area contributed by atoms with E-state index in [0.29, 0.717) is 0 Å². The van der Waals surface area contributed by atoms with Crippen LogP contribution in [0.4, 0.5) is 0 Å². The Morgan fingerprint density at radius 3 is 3.17 bits per heavy atom. The van der Waals surface area contributed by atoms with Gasteiger partial charge in [-0.2, -0.15) is 5.10 Å². The lowest BCUT2D eigenvalue weighted by molar-refractivity contribution is 0.414. The summed E-state index contributed by atoms with van der Waals surface area (Å²) < 4.78 is 7.84. The highest BCUT2D eigenvalue weighted by Crippen LogP contribution is 2.21. The van der Waals surface area contributed by atoms with Gasteiger partial charge in [-0.1, -0.05) is 0 Å². The fourth-order valence-corrected chi connectivity index (χ4v) is 1.45. The van der Waals surface area contributed by atoms with Gasteiger partial charge in [-0.15, -0.1) is 0 Å². The van der Waals surface area contributed by atoms with E-state index in [1.54, 1.807) is 17.8 Å². The molecule has 2 heterocycles. The van der Waals surface area contributed by atoms with Crippen LogP contribution >= 0.6 is 15.9 Å². The van der Waals surface area contributed by atoms with Crippen molar-refractivity contribution in [3.8, 4) is 5.75 Å². The largest absolute Gasteiger partial charge is 0.497 e. The van der Waals surface area contributed by atoms with Gasteiger partial charge < -0.3 is 4.74 Å². The number of rotatable bonds is 1. The van der Waals surface area contributed by atoms with Gasteiger partial charge in [-0.05, 0) is 22.0 Å². The molecule has 0 spiro atoms. The van der Waals surface area contributed by atoms with Crippen LogP contribution in [0, 0.1) is 0 Å². The molecule has 0 amide bonds. The average Bonchev–Trinajstić information content (AvgIpc) is 2.47. The number of ether oxygens (including phenoxy) is 1. The molecule has 0 aliphatic rings. The molecule has 0 aliphatic heterocycles. The Kier molecular flexibility index (Phi) is 1.77. The number of nitrogens with zero attached hydrogens (tertiary/aromatic N) is 2. The van der Waals surface area contributed by atoms with E-state index in [9.17, 15) is 0 Å². The van der Waals surface area contributed by atoms with Crippen molar-refractivity contribution >= 4 is 21.4 Å². The molecule has 0 aliphatic carbocycles. The summed E-state index contributed by atoms with van der Waals surface area (Å²) in [7, 11) is 1.65. The van der Waals surface area contributed by atoms with Crippen LogP contribution < -0.4 is 4.74 Å². The molecule has 2 rings (SSSR count). The fraction of sp³-hybridized carbons (Fsp3) is 0.125. The van der Waals surface area contributed by atoms with Gasteiger partial charge in [0, 0.05) is 12.3 Å². The third-order valence-corrected chi connectivity index (χ3v) is 2.29. The molecule has 3 nitrogen and oxygen atoms in total. The first-order valence-electron chi connectivity index (χ1n) is 3.48. The molecule has 2 aromatic heterocycles. The Labute approximate surface area is 78.1 Å².